The minimum atomic E-state index is -0.922. The smallest absolute Gasteiger partial charge is 0.342 e. The number of carbonyl (C=O) groups is 2. The molecule has 0 radical (unpaired) electrons. The van der Waals surface area contributed by atoms with Gasteiger partial charge in [0.15, 0.2) is 6.10 Å². The number of aryl methyl sites for hydroxylation is 2. The number of amides is 1. The second kappa shape index (κ2) is 7.53. The average molecular weight is 350 g/mol. The fraction of sp³-hybridized carbons (Fsp3) is 0.333. The molecule has 1 unspecified atom stereocenters. The Morgan fingerprint density at radius 2 is 1.88 bits per heavy atom. The van der Waals surface area contributed by atoms with Crippen molar-refractivity contribution >= 4 is 23.5 Å². The molecule has 0 aliphatic heterocycles. The zero-order chi connectivity index (χ0) is 17.9. The highest BCUT2D eigenvalue weighted by Gasteiger charge is 2.24. The molecule has 24 heavy (non-hydrogen) atoms. The van der Waals surface area contributed by atoms with Crippen molar-refractivity contribution in [1.82, 2.24) is 5.32 Å². The number of halogens is 1. The number of hydrogen-bond acceptors (Lipinski definition) is 4. The molecule has 0 bridgehead atoms. The van der Waals surface area contributed by atoms with Gasteiger partial charge in [-0.3, -0.25) is 4.79 Å². The lowest BCUT2D eigenvalue weighted by Crippen LogP contribution is -2.35. The highest BCUT2D eigenvalue weighted by atomic mass is 35.5. The quantitative estimate of drug-likeness (QED) is 0.835. The molecule has 1 amide bonds. The van der Waals surface area contributed by atoms with Crippen molar-refractivity contribution in [3.8, 4) is 0 Å². The summed E-state index contributed by atoms with van der Waals surface area (Å²) in [5.74, 6) is 0.190. The second-order valence-corrected chi connectivity index (χ2v) is 5.98. The Morgan fingerprint density at radius 1 is 1.21 bits per heavy atom. The number of nitrogens with one attached hydrogen (secondary N) is 1. The van der Waals surface area contributed by atoms with Crippen LogP contribution in [0.15, 0.2) is 28.7 Å². The van der Waals surface area contributed by atoms with Gasteiger partial charge in [-0.2, -0.15) is 0 Å². The largest absolute Gasteiger partial charge is 0.465 e. The summed E-state index contributed by atoms with van der Waals surface area (Å²) >= 11 is 6.04. The predicted octanol–water partition coefficient (Wildman–Crippen LogP) is 3.72. The monoisotopic (exact) mass is 349 g/mol. The summed E-state index contributed by atoms with van der Waals surface area (Å²) in [6.45, 7) is 7.04. The molecule has 2 rings (SSSR count). The van der Waals surface area contributed by atoms with E-state index in [0.717, 1.165) is 11.1 Å². The molecule has 0 fully saturated rings. The van der Waals surface area contributed by atoms with E-state index < -0.39 is 18.0 Å². The van der Waals surface area contributed by atoms with E-state index in [2.05, 4.69) is 5.32 Å². The molecule has 1 aromatic heterocycles. The Morgan fingerprint density at radius 3 is 2.46 bits per heavy atom. The van der Waals surface area contributed by atoms with Gasteiger partial charge in [0.25, 0.3) is 5.91 Å². The fourth-order valence-corrected chi connectivity index (χ4v) is 2.54. The van der Waals surface area contributed by atoms with E-state index in [4.69, 9.17) is 20.8 Å². The van der Waals surface area contributed by atoms with Gasteiger partial charge < -0.3 is 14.5 Å². The lowest BCUT2D eigenvalue weighted by Gasteiger charge is -2.14. The van der Waals surface area contributed by atoms with E-state index in [1.165, 1.54) is 6.92 Å². The Bertz CT molecular complexity index is 766. The summed E-state index contributed by atoms with van der Waals surface area (Å²) in [5, 5.41) is 3.28. The first kappa shape index (κ1) is 18.1. The molecule has 1 aromatic carbocycles. The number of rotatable bonds is 5. The van der Waals surface area contributed by atoms with Gasteiger partial charge in [0.2, 0.25) is 0 Å². The van der Waals surface area contributed by atoms with E-state index in [1.54, 1.807) is 26.8 Å². The second-order valence-electron chi connectivity index (χ2n) is 5.57. The number of ether oxygens (including phenoxy) is 1. The molecular formula is C18H20ClNO4. The lowest BCUT2D eigenvalue weighted by molar-refractivity contribution is -0.129. The SMILES string of the molecule is Cc1oc(C)c(C(=O)OC(C)C(=O)NCc2ccccc2Cl)c1C. The van der Waals surface area contributed by atoms with Crippen molar-refractivity contribution in [3.63, 3.8) is 0 Å². The third kappa shape index (κ3) is 3.97. The first-order valence-corrected chi connectivity index (χ1v) is 7.97. The van der Waals surface area contributed by atoms with E-state index in [9.17, 15) is 9.59 Å². The lowest BCUT2D eigenvalue weighted by atomic mass is 10.1. The van der Waals surface area contributed by atoms with Crippen LogP contribution in [-0.2, 0) is 16.1 Å². The van der Waals surface area contributed by atoms with Crippen LogP contribution in [0.25, 0.3) is 0 Å². The maximum absolute atomic E-state index is 12.3. The molecule has 0 spiro atoms. The normalized spacial score (nSPS) is 11.9. The van der Waals surface area contributed by atoms with Gasteiger partial charge >= 0.3 is 5.97 Å². The van der Waals surface area contributed by atoms with Crippen LogP contribution in [0.4, 0.5) is 0 Å². The van der Waals surface area contributed by atoms with Crippen LogP contribution in [0.5, 0.6) is 0 Å². The molecular weight excluding hydrogens is 330 g/mol. The Labute approximate surface area is 145 Å². The van der Waals surface area contributed by atoms with E-state index in [-0.39, 0.29) is 6.54 Å². The van der Waals surface area contributed by atoms with Crippen molar-refractivity contribution in [3.05, 3.63) is 57.5 Å². The number of hydrogen-bond donors (Lipinski definition) is 1. The summed E-state index contributed by atoms with van der Waals surface area (Å²) in [6, 6.07) is 7.22. The molecule has 0 saturated carbocycles. The number of carbonyl (C=O) groups excluding carboxylic acids is 2. The molecule has 0 saturated heterocycles. The first-order valence-electron chi connectivity index (χ1n) is 7.60. The number of furan rings is 1. The summed E-state index contributed by atoms with van der Waals surface area (Å²) in [4.78, 5) is 24.4. The molecule has 1 N–H and O–H groups in total. The Hall–Kier alpha value is -2.27. The molecule has 128 valence electrons. The Kier molecular flexibility index (Phi) is 5.67. The van der Waals surface area contributed by atoms with Crippen LogP contribution >= 0.6 is 11.6 Å². The van der Waals surface area contributed by atoms with Gasteiger partial charge in [-0.25, -0.2) is 4.79 Å². The molecule has 0 aliphatic carbocycles. The third-order valence-electron chi connectivity index (χ3n) is 3.83. The predicted molar refractivity (Wildman–Crippen MR) is 91.1 cm³/mol. The van der Waals surface area contributed by atoms with Gasteiger partial charge in [-0.15, -0.1) is 0 Å². The first-order chi connectivity index (χ1) is 11.3. The van der Waals surface area contributed by atoms with Crippen LogP contribution in [0.2, 0.25) is 5.02 Å². The van der Waals surface area contributed by atoms with Crippen molar-refractivity contribution in [1.29, 1.82) is 0 Å². The molecule has 0 aliphatic rings. The Balaban J connectivity index is 1.96. The van der Waals surface area contributed by atoms with Crippen LogP contribution in [0.3, 0.4) is 0 Å². The average Bonchev–Trinajstić information content (AvgIpc) is 2.78. The van der Waals surface area contributed by atoms with Crippen molar-refractivity contribution in [2.45, 2.75) is 40.3 Å². The topological polar surface area (TPSA) is 68.5 Å². The zero-order valence-electron chi connectivity index (χ0n) is 14.1. The van der Waals surface area contributed by atoms with Crippen molar-refractivity contribution < 1.29 is 18.7 Å². The minimum Gasteiger partial charge on any atom is -0.465 e. The molecule has 6 heteroatoms. The van der Waals surface area contributed by atoms with Gasteiger partial charge in [0.1, 0.15) is 17.1 Å². The third-order valence-corrected chi connectivity index (χ3v) is 4.20. The summed E-state index contributed by atoms with van der Waals surface area (Å²) < 4.78 is 10.7. The fourth-order valence-electron chi connectivity index (χ4n) is 2.33. The minimum absolute atomic E-state index is 0.267. The van der Waals surface area contributed by atoms with Gasteiger partial charge in [0.05, 0.1) is 0 Å². The zero-order valence-corrected chi connectivity index (χ0v) is 14.9. The molecule has 1 heterocycles. The van der Waals surface area contributed by atoms with Crippen LogP contribution in [0.1, 0.15) is 39.9 Å². The van der Waals surface area contributed by atoms with Crippen LogP contribution in [0, 0.1) is 20.8 Å². The maximum atomic E-state index is 12.3. The number of esters is 1. The molecule has 1 atom stereocenters. The van der Waals surface area contributed by atoms with Crippen LogP contribution < -0.4 is 5.32 Å². The molecule has 2 aromatic rings. The number of benzene rings is 1. The van der Waals surface area contributed by atoms with Gasteiger partial charge in [-0.1, -0.05) is 29.8 Å². The molecule has 5 nitrogen and oxygen atoms in total. The van der Waals surface area contributed by atoms with E-state index in [0.29, 0.717) is 22.1 Å². The summed E-state index contributed by atoms with van der Waals surface area (Å²) in [7, 11) is 0. The maximum Gasteiger partial charge on any atom is 0.342 e. The van der Waals surface area contributed by atoms with Crippen molar-refractivity contribution in [2.75, 3.05) is 0 Å². The highest BCUT2D eigenvalue weighted by molar-refractivity contribution is 6.31. The highest BCUT2D eigenvalue weighted by Crippen LogP contribution is 2.22. The van der Waals surface area contributed by atoms with E-state index in [1.807, 2.05) is 18.2 Å². The van der Waals surface area contributed by atoms with Gasteiger partial charge in [0, 0.05) is 17.1 Å². The van der Waals surface area contributed by atoms with E-state index >= 15 is 0 Å². The standard InChI is InChI=1S/C18H20ClNO4/c1-10-11(2)23-12(3)16(10)18(22)24-13(4)17(21)20-9-14-7-5-6-8-15(14)19/h5-8,13H,9H2,1-4H3,(H,20,21). The van der Waals surface area contributed by atoms with Gasteiger partial charge in [-0.05, 0) is 39.3 Å². The summed E-state index contributed by atoms with van der Waals surface area (Å²) in [6.07, 6.45) is -0.922. The van der Waals surface area contributed by atoms with Crippen molar-refractivity contribution in [2.24, 2.45) is 0 Å². The van der Waals surface area contributed by atoms with Crippen LogP contribution in [-0.4, -0.2) is 18.0 Å². The summed E-state index contributed by atoms with van der Waals surface area (Å²) in [5.41, 5.74) is 1.89.